The first kappa shape index (κ1) is 12.3. The van der Waals surface area contributed by atoms with Crippen LogP contribution in [0, 0.1) is 0 Å². The van der Waals surface area contributed by atoms with Crippen LogP contribution in [0.2, 0.25) is 0 Å². The summed E-state index contributed by atoms with van der Waals surface area (Å²) in [6.45, 7) is 6.66. The van der Waals surface area contributed by atoms with Gasteiger partial charge in [-0.25, -0.2) is 5.43 Å². The highest BCUT2D eigenvalue weighted by Crippen LogP contribution is 2.25. The van der Waals surface area contributed by atoms with E-state index < -0.39 is 0 Å². The third-order valence-electron chi connectivity index (χ3n) is 3.12. The Kier molecular flexibility index (Phi) is 3.10. The average Bonchev–Trinajstić information content (AvgIpc) is 2.59. The highest BCUT2D eigenvalue weighted by molar-refractivity contribution is 7.80. The molecule has 3 nitrogen and oxygen atoms in total. The normalized spacial score (nSPS) is 20.6. The van der Waals surface area contributed by atoms with Crippen molar-refractivity contribution in [2.75, 3.05) is 7.05 Å². The predicted octanol–water partition coefficient (Wildman–Crippen LogP) is 2.31. The van der Waals surface area contributed by atoms with E-state index in [1.807, 2.05) is 11.9 Å². The largest absolute Gasteiger partial charge is 0.330 e. The molecule has 17 heavy (non-hydrogen) atoms. The van der Waals surface area contributed by atoms with Gasteiger partial charge in [0.2, 0.25) is 0 Å². The molecule has 1 aliphatic rings. The van der Waals surface area contributed by atoms with Gasteiger partial charge in [-0.3, -0.25) is 5.43 Å². The molecule has 2 rings (SSSR count). The van der Waals surface area contributed by atoms with Crippen LogP contribution in [-0.4, -0.2) is 17.1 Å². The standard InChI is InChI=1S/C13H19N3S/c1-13(2,3)10-7-5-9(6-8-10)11-14-15-12(17)16(11)4/h5-8,11,14H,1-4H3,(H,15,17). The van der Waals surface area contributed by atoms with Gasteiger partial charge in [0.25, 0.3) is 0 Å². The Balaban J connectivity index is 2.22. The first-order chi connectivity index (χ1) is 7.89. The van der Waals surface area contributed by atoms with Crippen LogP contribution in [0.25, 0.3) is 0 Å². The Bertz CT molecular complexity index is 419. The fourth-order valence-electron chi connectivity index (χ4n) is 1.90. The Morgan fingerprint density at radius 2 is 1.76 bits per heavy atom. The molecule has 0 aromatic heterocycles. The van der Waals surface area contributed by atoms with Crippen molar-refractivity contribution < 1.29 is 0 Å². The van der Waals surface area contributed by atoms with Crippen LogP contribution in [0.4, 0.5) is 0 Å². The first-order valence-corrected chi connectivity index (χ1v) is 6.19. The quantitative estimate of drug-likeness (QED) is 0.747. The number of hydrogen-bond donors (Lipinski definition) is 2. The van der Waals surface area contributed by atoms with E-state index in [-0.39, 0.29) is 11.6 Å². The summed E-state index contributed by atoms with van der Waals surface area (Å²) < 4.78 is 0. The Morgan fingerprint density at radius 3 is 2.18 bits per heavy atom. The minimum absolute atomic E-state index is 0.122. The summed E-state index contributed by atoms with van der Waals surface area (Å²) in [6.07, 6.45) is 0.122. The van der Waals surface area contributed by atoms with Crippen molar-refractivity contribution in [2.45, 2.75) is 32.4 Å². The fourth-order valence-corrected chi connectivity index (χ4v) is 2.07. The van der Waals surface area contributed by atoms with Crippen molar-refractivity contribution in [3.63, 3.8) is 0 Å². The van der Waals surface area contributed by atoms with Gasteiger partial charge < -0.3 is 4.90 Å². The number of hydrogen-bond acceptors (Lipinski definition) is 2. The van der Waals surface area contributed by atoms with Gasteiger partial charge in [-0.05, 0) is 28.8 Å². The van der Waals surface area contributed by atoms with Crippen molar-refractivity contribution in [1.82, 2.24) is 15.8 Å². The summed E-state index contributed by atoms with van der Waals surface area (Å²) in [7, 11) is 1.98. The molecule has 1 unspecified atom stereocenters. The molecule has 0 amide bonds. The summed E-state index contributed by atoms with van der Waals surface area (Å²) in [4.78, 5) is 2.02. The lowest BCUT2D eigenvalue weighted by atomic mass is 9.86. The molecule has 1 saturated heterocycles. The summed E-state index contributed by atoms with van der Waals surface area (Å²) in [5.41, 5.74) is 8.89. The molecule has 0 radical (unpaired) electrons. The molecule has 1 aliphatic heterocycles. The van der Waals surface area contributed by atoms with E-state index in [9.17, 15) is 0 Å². The van der Waals surface area contributed by atoms with Gasteiger partial charge in [-0.1, -0.05) is 45.0 Å². The Hall–Kier alpha value is -1.13. The lowest BCUT2D eigenvalue weighted by Crippen LogP contribution is -2.26. The Morgan fingerprint density at radius 1 is 1.18 bits per heavy atom. The average molecular weight is 249 g/mol. The third kappa shape index (κ3) is 2.42. The zero-order chi connectivity index (χ0) is 12.6. The van der Waals surface area contributed by atoms with Gasteiger partial charge in [0.1, 0.15) is 6.17 Å². The molecule has 1 heterocycles. The molecule has 1 fully saturated rings. The smallest absolute Gasteiger partial charge is 0.184 e. The maximum absolute atomic E-state index is 5.16. The second-order valence-corrected chi connectivity index (χ2v) is 5.85. The maximum atomic E-state index is 5.16. The molecule has 2 N–H and O–H groups in total. The van der Waals surface area contributed by atoms with Gasteiger partial charge in [0.05, 0.1) is 0 Å². The lowest BCUT2D eigenvalue weighted by molar-refractivity contribution is 0.367. The van der Waals surface area contributed by atoms with Gasteiger partial charge in [-0.2, -0.15) is 0 Å². The number of nitrogens with zero attached hydrogens (tertiary/aromatic N) is 1. The van der Waals surface area contributed by atoms with Gasteiger partial charge >= 0.3 is 0 Å². The zero-order valence-corrected chi connectivity index (χ0v) is 11.6. The molecule has 1 atom stereocenters. The van der Waals surface area contributed by atoms with Gasteiger partial charge in [0.15, 0.2) is 5.11 Å². The SMILES string of the molecule is CN1C(=S)NNC1c1ccc(C(C)(C)C)cc1. The summed E-state index contributed by atoms with van der Waals surface area (Å²) in [6, 6.07) is 8.69. The van der Waals surface area contributed by atoms with Crippen LogP contribution in [-0.2, 0) is 5.41 Å². The molecule has 0 aliphatic carbocycles. The van der Waals surface area contributed by atoms with Gasteiger partial charge in [-0.15, -0.1) is 0 Å². The van der Waals surface area contributed by atoms with Crippen LogP contribution >= 0.6 is 12.2 Å². The molecule has 4 heteroatoms. The van der Waals surface area contributed by atoms with E-state index in [1.165, 1.54) is 11.1 Å². The zero-order valence-electron chi connectivity index (χ0n) is 10.7. The monoisotopic (exact) mass is 249 g/mol. The molecule has 1 aromatic carbocycles. The number of nitrogens with one attached hydrogen (secondary N) is 2. The minimum atomic E-state index is 0.122. The minimum Gasteiger partial charge on any atom is -0.330 e. The van der Waals surface area contributed by atoms with Crippen LogP contribution in [0.5, 0.6) is 0 Å². The van der Waals surface area contributed by atoms with Crippen molar-refractivity contribution in [3.8, 4) is 0 Å². The van der Waals surface area contributed by atoms with E-state index in [4.69, 9.17) is 12.2 Å². The number of rotatable bonds is 1. The molecule has 1 aromatic rings. The summed E-state index contributed by atoms with van der Waals surface area (Å²) in [5.74, 6) is 0. The molecule has 0 spiro atoms. The van der Waals surface area contributed by atoms with E-state index in [1.54, 1.807) is 0 Å². The van der Waals surface area contributed by atoms with E-state index in [0.717, 1.165) is 5.11 Å². The predicted molar refractivity (Wildman–Crippen MR) is 74.5 cm³/mol. The second kappa shape index (κ2) is 4.27. The molecule has 92 valence electrons. The topological polar surface area (TPSA) is 27.3 Å². The lowest BCUT2D eigenvalue weighted by Gasteiger charge is -2.22. The van der Waals surface area contributed by atoms with Crippen LogP contribution in [0.15, 0.2) is 24.3 Å². The first-order valence-electron chi connectivity index (χ1n) is 5.78. The maximum Gasteiger partial charge on any atom is 0.184 e. The third-order valence-corrected chi connectivity index (χ3v) is 3.51. The second-order valence-electron chi connectivity index (χ2n) is 5.46. The van der Waals surface area contributed by atoms with Crippen LogP contribution < -0.4 is 10.9 Å². The van der Waals surface area contributed by atoms with Crippen molar-refractivity contribution in [1.29, 1.82) is 0 Å². The number of thiocarbonyl (C=S) groups is 1. The summed E-state index contributed by atoms with van der Waals surface area (Å²) >= 11 is 5.16. The summed E-state index contributed by atoms with van der Waals surface area (Å²) in [5, 5.41) is 0.731. The van der Waals surface area contributed by atoms with Crippen LogP contribution in [0.3, 0.4) is 0 Å². The molecule has 0 bridgehead atoms. The fraction of sp³-hybridized carbons (Fsp3) is 0.462. The number of hydrazine groups is 1. The van der Waals surface area contributed by atoms with Crippen molar-refractivity contribution >= 4 is 17.3 Å². The van der Waals surface area contributed by atoms with E-state index >= 15 is 0 Å². The molecular formula is C13H19N3S. The van der Waals surface area contributed by atoms with Crippen molar-refractivity contribution in [3.05, 3.63) is 35.4 Å². The molecular weight excluding hydrogens is 230 g/mol. The van der Waals surface area contributed by atoms with Gasteiger partial charge in [0, 0.05) is 7.05 Å². The highest BCUT2D eigenvalue weighted by atomic mass is 32.1. The Labute approximate surface area is 108 Å². The molecule has 0 saturated carbocycles. The highest BCUT2D eigenvalue weighted by Gasteiger charge is 2.25. The van der Waals surface area contributed by atoms with Crippen molar-refractivity contribution in [2.24, 2.45) is 0 Å². The van der Waals surface area contributed by atoms with Crippen LogP contribution in [0.1, 0.15) is 38.1 Å². The van der Waals surface area contributed by atoms with E-state index in [0.29, 0.717) is 0 Å². The van der Waals surface area contributed by atoms with E-state index in [2.05, 4.69) is 55.9 Å². The number of benzene rings is 1.